The molecule has 1 fully saturated rings. The molecule has 22 heavy (non-hydrogen) atoms. The van der Waals surface area contributed by atoms with Crippen molar-refractivity contribution >= 4 is 40.0 Å². The van der Waals surface area contributed by atoms with Gasteiger partial charge >= 0.3 is 5.97 Å². The van der Waals surface area contributed by atoms with Gasteiger partial charge in [-0.1, -0.05) is 11.6 Å². The lowest BCUT2D eigenvalue weighted by Crippen LogP contribution is -2.42. The Bertz CT molecular complexity index is 643. The van der Waals surface area contributed by atoms with Crippen LogP contribution >= 0.6 is 24.0 Å². The zero-order valence-corrected chi connectivity index (χ0v) is 14.4. The molecular formula is C13H18Cl2N2O4S. The third kappa shape index (κ3) is 3.91. The van der Waals surface area contributed by atoms with Crippen LogP contribution in [0.15, 0.2) is 23.1 Å². The summed E-state index contributed by atoms with van der Waals surface area (Å²) < 4.78 is 31.0. The van der Waals surface area contributed by atoms with E-state index in [4.69, 9.17) is 17.3 Å². The normalized spacial score (nSPS) is 16.9. The van der Waals surface area contributed by atoms with Gasteiger partial charge in [-0.3, -0.25) is 0 Å². The molecule has 6 nitrogen and oxygen atoms in total. The van der Waals surface area contributed by atoms with Gasteiger partial charge in [0.25, 0.3) is 0 Å². The molecule has 1 saturated heterocycles. The highest BCUT2D eigenvalue weighted by Gasteiger charge is 2.30. The van der Waals surface area contributed by atoms with E-state index in [1.165, 1.54) is 29.6 Å². The number of rotatable bonds is 3. The van der Waals surface area contributed by atoms with Crippen LogP contribution in [0, 0.1) is 0 Å². The summed E-state index contributed by atoms with van der Waals surface area (Å²) in [6.07, 6.45) is 1.24. The van der Waals surface area contributed by atoms with Crippen molar-refractivity contribution in [3.8, 4) is 0 Å². The predicted octanol–water partition coefficient (Wildman–Crippen LogP) is 1.66. The van der Waals surface area contributed by atoms with Gasteiger partial charge in [-0.15, -0.1) is 12.4 Å². The quantitative estimate of drug-likeness (QED) is 0.819. The van der Waals surface area contributed by atoms with E-state index in [1.807, 2.05) is 0 Å². The van der Waals surface area contributed by atoms with Crippen LogP contribution in [0.25, 0.3) is 0 Å². The number of nitrogens with two attached hydrogens (primary N) is 1. The number of carbonyl (C=O) groups excluding carboxylic acids is 1. The molecule has 1 aromatic carbocycles. The van der Waals surface area contributed by atoms with E-state index in [9.17, 15) is 13.2 Å². The maximum absolute atomic E-state index is 12.5. The average Bonchev–Trinajstić information content (AvgIpc) is 2.46. The summed E-state index contributed by atoms with van der Waals surface area (Å²) in [6.45, 7) is 0.747. The summed E-state index contributed by atoms with van der Waals surface area (Å²) >= 11 is 6.02. The van der Waals surface area contributed by atoms with E-state index in [0.717, 1.165) is 0 Å². The Morgan fingerprint density at radius 1 is 1.36 bits per heavy atom. The predicted molar refractivity (Wildman–Crippen MR) is 86.0 cm³/mol. The fraction of sp³-hybridized carbons (Fsp3) is 0.462. The van der Waals surface area contributed by atoms with Crippen molar-refractivity contribution < 1.29 is 17.9 Å². The molecule has 0 amide bonds. The first kappa shape index (κ1) is 19.2. The van der Waals surface area contributed by atoms with Crippen molar-refractivity contribution in [2.45, 2.75) is 23.8 Å². The van der Waals surface area contributed by atoms with Gasteiger partial charge in [-0.25, -0.2) is 13.2 Å². The van der Waals surface area contributed by atoms with E-state index < -0.39 is 16.0 Å². The van der Waals surface area contributed by atoms with Crippen molar-refractivity contribution in [1.29, 1.82) is 0 Å². The molecule has 0 atom stereocenters. The van der Waals surface area contributed by atoms with Gasteiger partial charge in [0.2, 0.25) is 10.0 Å². The lowest BCUT2D eigenvalue weighted by Gasteiger charge is -2.29. The Morgan fingerprint density at radius 3 is 2.45 bits per heavy atom. The number of hydrogen-bond donors (Lipinski definition) is 1. The topological polar surface area (TPSA) is 89.7 Å². The first-order chi connectivity index (χ1) is 9.86. The SMILES string of the molecule is COC(=O)c1ccc(S(=O)(=O)N2CCC(N)CC2)c(Cl)c1.Cl. The van der Waals surface area contributed by atoms with Gasteiger partial charge in [0, 0.05) is 19.1 Å². The lowest BCUT2D eigenvalue weighted by molar-refractivity contribution is 0.0600. The number of ether oxygens (including phenoxy) is 1. The Kier molecular flexibility index (Phi) is 6.64. The number of halogens is 2. The monoisotopic (exact) mass is 368 g/mol. The molecule has 9 heteroatoms. The first-order valence-electron chi connectivity index (χ1n) is 6.50. The molecule has 0 aromatic heterocycles. The maximum atomic E-state index is 12.5. The van der Waals surface area contributed by atoms with Crippen LogP contribution in [0.3, 0.4) is 0 Å². The highest BCUT2D eigenvalue weighted by molar-refractivity contribution is 7.89. The third-order valence-electron chi connectivity index (χ3n) is 3.47. The minimum absolute atomic E-state index is 0. The molecule has 0 unspecified atom stereocenters. The molecular weight excluding hydrogens is 351 g/mol. The van der Waals surface area contributed by atoms with Crippen LogP contribution in [0.2, 0.25) is 5.02 Å². The minimum atomic E-state index is -3.67. The van der Waals surface area contributed by atoms with Crippen LogP contribution < -0.4 is 5.73 Å². The molecule has 2 N–H and O–H groups in total. The molecule has 2 rings (SSSR count). The Hall–Kier alpha value is -0.860. The van der Waals surface area contributed by atoms with Gasteiger partial charge in [0.1, 0.15) is 4.90 Å². The van der Waals surface area contributed by atoms with Crippen LogP contribution in [0.5, 0.6) is 0 Å². The summed E-state index contributed by atoms with van der Waals surface area (Å²) in [5, 5.41) is 0.00720. The van der Waals surface area contributed by atoms with Crippen molar-refractivity contribution in [3.63, 3.8) is 0 Å². The van der Waals surface area contributed by atoms with Crippen molar-refractivity contribution in [1.82, 2.24) is 4.31 Å². The molecule has 0 aliphatic carbocycles. The van der Waals surface area contributed by atoms with Gasteiger partial charge in [0.05, 0.1) is 17.7 Å². The van der Waals surface area contributed by atoms with Gasteiger partial charge < -0.3 is 10.5 Å². The molecule has 1 aromatic rings. The molecule has 0 radical (unpaired) electrons. The fourth-order valence-electron chi connectivity index (χ4n) is 2.21. The zero-order valence-electron chi connectivity index (χ0n) is 12.0. The average molecular weight is 369 g/mol. The van der Waals surface area contributed by atoms with Gasteiger partial charge in [-0.05, 0) is 31.0 Å². The molecule has 0 bridgehead atoms. The molecule has 1 heterocycles. The van der Waals surface area contributed by atoms with Gasteiger partial charge in [-0.2, -0.15) is 4.31 Å². The second kappa shape index (κ2) is 7.61. The largest absolute Gasteiger partial charge is 0.465 e. The summed E-state index contributed by atoms with van der Waals surface area (Å²) in [6, 6.07) is 4.06. The van der Waals surface area contributed by atoms with Crippen LogP contribution in [0.4, 0.5) is 0 Å². The second-order valence-corrected chi connectivity index (χ2v) is 7.19. The lowest BCUT2D eigenvalue weighted by atomic mass is 10.1. The van der Waals surface area contributed by atoms with Crippen molar-refractivity contribution in [2.75, 3.05) is 20.2 Å². The maximum Gasteiger partial charge on any atom is 0.337 e. The van der Waals surface area contributed by atoms with Crippen LogP contribution in [-0.2, 0) is 14.8 Å². The Morgan fingerprint density at radius 2 is 1.95 bits per heavy atom. The number of methoxy groups -OCH3 is 1. The highest BCUT2D eigenvalue weighted by atomic mass is 35.5. The molecule has 1 aliphatic heterocycles. The van der Waals surface area contributed by atoms with E-state index in [1.54, 1.807) is 0 Å². The summed E-state index contributed by atoms with van der Waals surface area (Å²) in [5.74, 6) is -0.565. The van der Waals surface area contributed by atoms with E-state index in [2.05, 4.69) is 4.74 Å². The Balaban J connectivity index is 0.00000242. The number of piperidine rings is 1. The van der Waals surface area contributed by atoms with E-state index >= 15 is 0 Å². The van der Waals surface area contributed by atoms with Crippen molar-refractivity contribution in [2.24, 2.45) is 5.73 Å². The third-order valence-corrected chi connectivity index (χ3v) is 5.85. The summed E-state index contributed by atoms with van der Waals surface area (Å²) in [5.41, 5.74) is 5.99. The van der Waals surface area contributed by atoms with Crippen LogP contribution in [0.1, 0.15) is 23.2 Å². The number of nitrogens with zero attached hydrogens (tertiary/aromatic N) is 1. The van der Waals surface area contributed by atoms with Crippen molar-refractivity contribution in [3.05, 3.63) is 28.8 Å². The fourth-order valence-corrected chi connectivity index (χ4v) is 4.20. The summed E-state index contributed by atoms with van der Waals surface area (Å²) in [7, 11) is -2.42. The number of benzene rings is 1. The smallest absolute Gasteiger partial charge is 0.337 e. The van der Waals surface area contributed by atoms with Crippen LogP contribution in [-0.4, -0.2) is 44.9 Å². The first-order valence-corrected chi connectivity index (χ1v) is 8.31. The summed E-state index contributed by atoms with van der Waals surface area (Å²) in [4.78, 5) is 11.4. The molecule has 1 aliphatic rings. The number of hydrogen-bond acceptors (Lipinski definition) is 5. The van der Waals surface area contributed by atoms with E-state index in [0.29, 0.717) is 25.9 Å². The zero-order chi connectivity index (χ0) is 15.6. The Labute approximate surface area is 141 Å². The highest BCUT2D eigenvalue weighted by Crippen LogP contribution is 2.27. The molecule has 124 valence electrons. The minimum Gasteiger partial charge on any atom is -0.465 e. The number of carbonyl (C=O) groups is 1. The second-order valence-electron chi connectivity index (χ2n) is 4.88. The van der Waals surface area contributed by atoms with Gasteiger partial charge in [0.15, 0.2) is 0 Å². The molecule has 0 saturated carbocycles. The standard InChI is InChI=1S/C13H17ClN2O4S.ClH/c1-20-13(17)9-2-3-12(11(14)8-9)21(18,19)16-6-4-10(15)5-7-16;/h2-3,8,10H,4-7,15H2,1H3;1H. The number of esters is 1. The number of sulfonamides is 1. The molecule has 0 spiro atoms. The van der Waals surface area contributed by atoms with E-state index in [-0.39, 0.29) is 33.9 Å².